The monoisotopic (exact) mass is 1760 g/mol. The van der Waals surface area contributed by atoms with E-state index in [1.165, 1.54) is 64.2 Å². The molecule has 5 saturated heterocycles. The molecule has 11 rings (SSSR count). The smallest absolute Gasteiger partial charge is 0.386 e. The second kappa shape index (κ2) is 36.5. The number of aromatic nitrogens is 10. The molecule has 108 heavy (non-hydrogen) atoms. The summed E-state index contributed by atoms with van der Waals surface area (Å²) in [7, 11) is 0. The number of halogens is 1. The Hall–Kier alpha value is -4.24. The van der Waals surface area contributed by atoms with E-state index < -0.39 is 179 Å². The van der Waals surface area contributed by atoms with E-state index in [0.717, 1.165) is 9.13 Å². The number of aliphatic hydroxyl groups excluding tert-OH is 2. The fourth-order valence-corrected chi connectivity index (χ4v) is 20.0. The number of rotatable bonds is 36. The molecule has 14 N–H and O–H groups in total. The molecule has 6 aliphatic rings. The van der Waals surface area contributed by atoms with Crippen molar-refractivity contribution in [3.05, 3.63) is 105 Å². The standard InChI is InChI=1S/C56H81BrN16O26P4S5/c1-27(2)29-14-42(69-7-4-40(59)63-53(69)78)92-36(29)22-89-102(106,86-13-12-85-11-10-84-9-6-58)98-33-17-44(71-19-28(3)49(75)67-55(71)80)94-39(33)25-90-103(107,108)99-34-18-46(73-26-62-47-48(73)65-52(61)66-51(47)77)95-38(34)24-88-101(83,105)97-32-16-43(70-8-5-41(60)64-54(70)79)93-37(32)23-87-100(82,104)96-31-15-45(91-35(31)21-74)72-20-30(57)50(76)68-56(72)81/h4-5,7-8,19-20,26-27,29,31-39,42-46,55,74,80H,6,9-18,21-25,58H2,1-3H3,(H,67,75)(H,82,104)(H,83,105)(H,107,108)(H2,59,63,78)(H2,60,64,79)(H,68,76,81)(H3,61,65,66,77)/t29?,31?,32?,33?,34?,35-,36-,37-,38-,39-,42-,43-,44-,45-,46-,55?,100?,101?,102?/m1/s1. The molecule has 0 aromatic carbocycles. The van der Waals surface area contributed by atoms with Gasteiger partial charge in [0.2, 0.25) is 18.0 Å². The van der Waals surface area contributed by atoms with E-state index in [1.54, 1.807) is 0 Å². The minimum Gasteiger partial charge on any atom is -0.394 e. The molecule has 0 bridgehead atoms. The van der Waals surface area contributed by atoms with Gasteiger partial charge in [0.25, 0.3) is 17.0 Å². The number of nitrogen functional groups attached to an aromatic ring is 3. The topological polar surface area (TPSA) is 550 Å². The molecule has 52 heteroatoms. The fraction of sp³-hybridized carbons (Fsp3) is 0.643. The van der Waals surface area contributed by atoms with Crippen LogP contribution in [0.1, 0.15) is 77.8 Å². The number of carbonyl (C=O) groups is 1. The molecule has 5 fully saturated rings. The number of hydrogen-bond donors (Lipinski definition) is 12. The van der Waals surface area contributed by atoms with Crippen LogP contribution in [-0.2, 0) is 119 Å². The average molecular weight is 1760 g/mol. The van der Waals surface area contributed by atoms with E-state index in [2.05, 4.69) is 63.4 Å². The Morgan fingerprint density at radius 1 is 0.657 bits per heavy atom. The van der Waals surface area contributed by atoms with Crippen molar-refractivity contribution in [2.75, 3.05) is 89.8 Å². The molecule has 11 heterocycles. The van der Waals surface area contributed by atoms with Crippen molar-refractivity contribution >= 4 is 136 Å². The summed E-state index contributed by atoms with van der Waals surface area (Å²) in [6.07, 6.45) is -10.9. The predicted octanol–water partition coefficient (Wildman–Crippen LogP) is 1.08. The van der Waals surface area contributed by atoms with Crippen LogP contribution in [-0.4, -0.2) is 214 Å². The van der Waals surface area contributed by atoms with Crippen LogP contribution in [0.3, 0.4) is 0 Å². The normalized spacial score (nSPS) is 29.7. The number of hydrogen-bond acceptors (Lipinski definition) is 37. The first-order valence-electron chi connectivity index (χ1n) is 33.3. The predicted molar refractivity (Wildman–Crippen MR) is 401 cm³/mol. The van der Waals surface area contributed by atoms with E-state index in [9.17, 15) is 48.4 Å². The summed E-state index contributed by atoms with van der Waals surface area (Å²) in [4.78, 5) is 111. The van der Waals surface area contributed by atoms with Gasteiger partial charge in [-0.05, 0) is 88.7 Å². The van der Waals surface area contributed by atoms with Gasteiger partial charge in [0, 0.05) is 62.6 Å². The molecule has 1 amide bonds. The number of nitrogens with two attached hydrogens (primary N) is 4. The van der Waals surface area contributed by atoms with Crippen LogP contribution in [0.25, 0.3) is 11.2 Å². The third-order valence-electron chi connectivity index (χ3n) is 17.7. The molecule has 0 radical (unpaired) electrons. The van der Waals surface area contributed by atoms with Crippen molar-refractivity contribution in [2.45, 2.75) is 145 Å². The summed E-state index contributed by atoms with van der Waals surface area (Å²) in [6.45, 7) is -9.18. The van der Waals surface area contributed by atoms with Gasteiger partial charge in [-0.1, -0.05) is 38.3 Å². The Kier molecular flexibility index (Phi) is 28.6. The van der Waals surface area contributed by atoms with Gasteiger partial charge in [-0.3, -0.25) is 51.7 Å². The lowest BCUT2D eigenvalue weighted by molar-refractivity contribution is -0.142. The number of imidazole rings is 1. The largest absolute Gasteiger partial charge is 0.394 e. The number of fused-ring (bicyclic) bond motifs is 1. The zero-order valence-electron chi connectivity index (χ0n) is 57.5. The molecule has 5 aromatic heterocycles. The van der Waals surface area contributed by atoms with Gasteiger partial charge in [-0.25, -0.2) is 23.9 Å². The number of ether oxygens (including phenoxy) is 7. The lowest BCUT2D eigenvalue weighted by Gasteiger charge is -2.35. The zero-order chi connectivity index (χ0) is 77.7. The number of aromatic amines is 2. The Balaban J connectivity index is 0.812. The highest BCUT2D eigenvalue weighted by atomic mass is 79.9. The highest BCUT2D eigenvalue weighted by Crippen LogP contribution is 2.60. The maximum Gasteiger partial charge on any atom is 0.386 e. The van der Waals surface area contributed by atoms with Crippen molar-refractivity contribution in [1.29, 1.82) is 0 Å². The van der Waals surface area contributed by atoms with Gasteiger partial charge < -0.3 is 113 Å². The van der Waals surface area contributed by atoms with Gasteiger partial charge in [0.1, 0.15) is 73.3 Å². The first-order chi connectivity index (χ1) is 51.2. The molecule has 0 aliphatic carbocycles. The first kappa shape index (κ1) is 84.7. The lowest BCUT2D eigenvalue weighted by Crippen LogP contribution is -2.53. The molecular weight excluding hydrogens is 1680 g/mol. The van der Waals surface area contributed by atoms with Crippen molar-refractivity contribution in [1.82, 2.24) is 58.4 Å². The molecule has 5 aromatic rings. The Morgan fingerprint density at radius 2 is 1.19 bits per heavy atom. The van der Waals surface area contributed by atoms with Gasteiger partial charge >= 0.3 is 37.3 Å². The van der Waals surface area contributed by atoms with Crippen LogP contribution < -0.4 is 56.4 Å². The highest BCUT2D eigenvalue weighted by Gasteiger charge is 2.50. The molecule has 598 valence electrons. The molecule has 20 atom stereocenters. The summed E-state index contributed by atoms with van der Waals surface area (Å²) in [5, 5.41) is 24.0. The van der Waals surface area contributed by atoms with Crippen molar-refractivity contribution < 1.29 is 98.3 Å². The molecular formula is C56H81BrN16O26P4S5. The fourth-order valence-electron chi connectivity index (χ4n) is 12.5. The van der Waals surface area contributed by atoms with Crippen LogP contribution >= 0.6 is 66.4 Å². The molecule has 0 saturated carbocycles. The quantitative estimate of drug-likeness (QED) is 0.0152. The minimum atomic E-state index is -4.55. The van der Waals surface area contributed by atoms with E-state index in [1.807, 2.05) is 13.8 Å². The number of amides is 1. The number of carbonyl (C=O) groups excluding carboxylic acids is 1. The third kappa shape index (κ3) is 21.4. The summed E-state index contributed by atoms with van der Waals surface area (Å²) in [6, 6.07) is 2.81. The number of aliphatic hydroxyl groups is 2. The van der Waals surface area contributed by atoms with Gasteiger partial charge in [-0.15, -0.1) is 0 Å². The molecule has 42 nitrogen and oxygen atoms in total. The molecule has 10 unspecified atom stereocenters. The van der Waals surface area contributed by atoms with E-state index in [4.69, 9.17) is 144 Å². The lowest BCUT2D eigenvalue weighted by atomic mass is 9.89. The number of nitrogens with zero attached hydrogens (tertiary/aromatic N) is 9. The van der Waals surface area contributed by atoms with Gasteiger partial charge in [-0.2, -0.15) is 15.0 Å². The SMILES string of the molecule is CC1=CN([C@H]2CC(OP(=S)(OCCOCCOCCN)OC[C@H]3O[C@@H](n4ccc(N)nc4=O)CC3C(C)C)[C@@H](COP(=S)(S)OC3C[C@H](n4cnc5c(=O)[nH]c(N)nc54)O[C@@H]3COP(O)(=S)OC3C[C@H](n4ccc(N)nc4=O)O[C@@H]3COP(=O)(S)OC3C[C@H](n4cc(Br)c(=O)[nH]c4=O)O[C@@H]3CO)O2)C(O)NC1=O. The number of anilines is 3. The Morgan fingerprint density at radius 3 is 1.83 bits per heavy atom. The maximum absolute atomic E-state index is 14.1. The molecule has 6 aliphatic heterocycles. The average Bonchev–Trinajstić information content (AvgIpc) is 1.62. The second-order valence-electron chi connectivity index (χ2n) is 25.5. The van der Waals surface area contributed by atoms with Crippen molar-refractivity contribution in [2.24, 2.45) is 17.6 Å². The van der Waals surface area contributed by atoms with E-state index >= 15 is 0 Å². The van der Waals surface area contributed by atoms with Crippen LogP contribution in [0.2, 0.25) is 0 Å². The van der Waals surface area contributed by atoms with Crippen LogP contribution in [0.5, 0.6) is 0 Å². The van der Waals surface area contributed by atoms with Gasteiger partial charge in [0.15, 0.2) is 11.2 Å². The summed E-state index contributed by atoms with van der Waals surface area (Å²) >= 11 is 29.9. The minimum absolute atomic E-state index is 0.00289. The van der Waals surface area contributed by atoms with Crippen LogP contribution in [0.15, 0.2) is 77.3 Å². The number of thiol groups is 2. The number of nitrogens with one attached hydrogen (secondary N) is 3. The molecule has 0 spiro atoms. The number of H-pyrrole nitrogens is 2. The second-order valence-corrected chi connectivity index (χ2v) is 40.2. The van der Waals surface area contributed by atoms with E-state index in [0.29, 0.717) is 19.6 Å². The maximum atomic E-state index is 14.1. The van der Waals surface area contributed by atoms with Crippen molar-refractivity contribution in [3.63, 3.8) is 0 Å². The Bertz CT molecular complexity index is 4590. The Labute approximate surface area is 647 Å². The van der Waals surface area contributed by atoms with Crippen LogP contribution in [0.4, 0.5) is 17.6 Å². The summed E-state index contributed by atoms with van der Waals surface area (Å²) in [5.74, 6) is -1.02. The van der Waals surface area contributed by atoms with Gasteiger partial charge in [0.05, 0.1) is 101 Å². The van der Waals surface area contributed by atoms with E-state index in [-0.39, 0.29) is 109 Å². The summed E-state index contributed by atoms with van der Waals surface area (Å²) < 4.78 is 118. The van der Waals surface area contributed by atoms with Crippen LogP contribution in [0, 0.1) is 11.8 Å². The zero-order valence-corrected chi connectivity index (χ0v) is 66.9. The third-order valence-corrected chi connectivity index (χ3v) is 26.1. The van der Waals surface area contributed by atoms with Crippen molar-refractivity contribution in [3.8, 4) is 0 Å². The summed E-state index contributed by atoms with van der Waals surface area (Å²) in [5.41, 5.74) is 15.7. The highest BCUT2D eigenvalue weighted by molar-refractivity contribution is 9.10. The first-order valence-corrected chi connectivity index (χ1v) is 45.8.